The molecule has 0 amide bonds. The quantitative estimate of drug-likeness (QED) is 0.643. The van der Waals surface area contributed by atoms with E-state index in [1.165, 1.54) is 38.5 Å². The van der Waals surface area contributed by atoms with Gasteiger partial charge in [0.1, 0.15) is 5.76 Å². The van der Waals surface area contributed by atoms with Gasteiger partial charge < -0.3 is 9.63 Å². The monoisotopic (exact) mass is 253 g/mol. The van der Waals surface area contributed by atoms with Gasteiger partial charge in [-0.2, -0.15) is 0 Å². The SMILES string of the molecule is CCCCCCC(C)(CCCC)c1cc(O)no1. The smallest absolute Gasteiger partial charge is 0.251 e. The van der Waals surface area contributed by atoms with Crippen molar-refractivity contribution in [2.24, 2.45) is 0 Å². The summed E-state index contributed by atoms with van der Waals surface area (Å²) < 4.78 is 5.28. The van der Waals surface area contributed by atoms with Crippen molar-refractivity contribution in [1.82, 2.24) is 5.16 Å². The molecule has 0 saturated carbocycles. The van der Waals surface area contributed by atoms with Crippen LogP contribution in [0, 0.1) is 0 Å². The Morgan fingerprint density at radius 2 is 1.78 bits per heavy atom. The van der Waals surface area contributed by atoms with Crippen LogP contribution >= 0.6 is 0 Å². The average Bonchev–Trinajstić information content (AvgIpc) is 2.80. The van der Waals surface area contributed by atoms with E-state index in [-0.39, 0.29) is 11.3 Å². The summed E-state index contributed by atoms with van der Waals surface area (Å²) >= 11 is 0. The van der Waals surface area contributed by atoms with Crippen LogP contribution in [-0.2, 0) is 5.41 Å². The summed E-state index contributed by atoms with van der Waals surface area (Å²) in [4.78, 5) is 0. The Kier molecular flexibility index (Phi) is 6.23. The lowest BCUT2D eigenvalue weighted by atomic mass is 9.78. The first-order valence-corrected chi connectivity index (χ1v) is 7.28. The molecule has 1 rings (SSSR count). The second kappa shape index (κ2) is 7.45. The van der Waals surface area contributed by atoms with Crippen molar-refractivity contribution in [3.05, 3.63) is 11.8 Å². The summed E-state index contributed by atoms with van der Waals surface area (Å²) in [7, 11) is 0. The molecule has 0 aliphatic heterocycles. The highest BCUT2D eigenvalue weighted by molar-refractivity contribution is 5.17. The Balaban J connectivity index is 2.62. The summed E-state index contributed by atoms with van der Waals surface area (Å²) in [5.41, 5.74) is 0.0255. The van der Waals surface area contributed by atoms with Crippen molar-refractivity contribution in [2.45, 2.75) is 77.6 Å². The zero-order valence-corrected chi connectivity index (χ0v) is 12.0. The third-order valence-corrected chi connectivity index (χ3v) is 3.76. The van der Waals surface area contributed by atoms with E-state index in [1.807, 2.05) is 0 Å². The van der Waals surface area contributed by atoms with Gasteiger partial charge in [-0.3, -0.25) is 0 Å². The fourth-order valence-corrected chi connectivity index (χ4v) is 2.43. The van der Waals surface area contributed by atoms with Gasteiger partial charge in [-0.25, -0.2) is 0 Å². The molecule has 0 spiro atoms. The normalized spacial score (nSPS) is 14.6. The summed E-state index contributed by atoms with van der Waals surface area (Å²) in [6.07, 6.45) is 9.64. The van der Waals surface area contributed by atoms with Crippen LogP contribution in [0.4, 0.5) is 0 Å². The topological polar surface area (TPSA) is 46.3 Å². The van der Waals surface area contributed by atoms with Crippen molar-refractivity contribution in [3.8, 4) is 5.88 Å². The van der Waals surface area contributed by atoms with Crippen molar-refractivity contribution in [1.29, 1.82) is 0 Å². The number of hydrogen-bond acceptors (Lipinski definition) is 3. The van der Waals surface area contributed by atoms with Crippen LogP contribution in [-0.4, -0.2) is 10.3 Å². The Bertz CT molecular complexity index is 335. The van der Waals surface area contributed by atoms with Crippen molar-refractivity contribution in [2.75, 3.05) is 0 Å². The van der Waals surface area contributed by atoms with E-state index in [0.717, 1.165) is 18.6 Å². The predicted molar refractivity (Wildman–Crippen MR) is 73.8 cm³/mol. The Morgan fingerprint density at radius 3 is 2.33 bits per heavy atom. The van der Waals surface area contributed by atoms with Gasteiger partial charge in [-0.05, 0) is 18.0 Å². The van der Waals surface area contributed by atoms with Crippen molar-refractivity contribution >= 4 is 0 Å². The van der Waals surface area contributed by atoms with Gasteiger partial charge >= 0.3 is 0 Å². The highest BCUT2D eigenvalue weighted by atomic mass is 16.5. The fraction of sp³-hybridized carbons (Fsp3) is 0.800. The second-order valence-corrected chi connectivity index (χ2v) is 5.52. The van der Waals surface area contributed by atoms with Gasteiger partial charge in [0.05, 0.1) is 0 Å². The van der Waals surface area contributed by atoms with Crippen LogP contribution in [0.2, 0.25) is 0 Å². The molecule has 104 valence electrons. The van der Waals surface area contributed by atoms with E-state index >= 15 is 0 Å². The number of aromatic hydroxyl groups is 1. The summed E-state index contributed by atoms with van der Waals surface area (Å²) in [6.45, 7) is 6.66. The number of nitrogens with zero attached hydrogens (tertiary/aromatic N) is 1. The van der Waals surface area contributed by atoms with E-state index in [0.29, 0.717) is 0 Å². The van der Waals surface area contributed by atoms with Crippen molar-refractivity contribution < 1.29 is 9.63 Å². The van der Waals surface area contributed by atoms with Gasteiger partial charge in [-0.1, -0.05) is 59.3 Å². The maximum Gasteiger partial charge on any atom is 0.251 e. The van der Waals surface area contributed by atoms with Gasteiger partial charge in [0.15, 0.2) is 0 Å². The molecule has 0 fully saturated rings. The van der Waals surface area contributed by atoms with Crippen LogP contribution in [0.25, 0.3) is 0 Å². The van der Waals surface area contributed by atoms with E-state index in [1.54, 1.807) is 6.07 Å². The lowest BCUT2D eigenvalue weighted by molar-refractivity contribution is 0.258. The van der Waals surface area contributed by atoms with Crippen LogP contribution in [0.3, 0.4) is 0 Å². The van der Waals surface area contributed by atoms with Crippen LogP contribution < -0.4 is 0 Å². The summed E-state index contributed by atoms with van der Waals surface area (Å²) in [5, 5.41) is 13.0. The van der Waals surface area contributed by atoms with Crippen LogP contribution in [0.15, 0.2) is 10.6 Å². The van der Waals surface area contributed by atoms with E-state index in [2.05, 4.69) is 25.9 Å². The highest BCUT2D eigenvalue weighted by Gasteiger charge is 2.30. The largest absolute Gasteiger partial charge is 0.491 e. The number of unbranched alkanes of at least 4 members (excludes halogenated alkanes) is 4. The second-order valence-electron chi connectivity index (χ2n) is 5.52. The lowest BCUT2D eigenvalue weighted by Gasteiger charge is -2.26. The average molecular weight is 253 g/mol. The van der Waals surface area contributed by atoms with Gasteiger partial charge in [0.2, 0.25) is 0 Å². The minimum atomic E-state index is 0.00119. The molecule has 1 atom stereocenters. The standard InChI is InChI=1S/C15H27NO2/c1-4-6-8-9-11-15(3,10-7-5-2)13-12-14(17)16-18-13/h12H,4-11H2,1-3H3,(H,16,17). The molecule has 0 bridgehead atoms. The minimum absolute atomic E-state index is 0.00119. The zero-order chi connectivity index (χ0) is 13.4. The summed E-state index contributed by atoms with van der Waals surface area (Å²) in [5.74, 6) is 0.839. The van der Waals surface area contributed by atoms with E-state index in [4.69, 9.17) is 4.52 Å². The molecule has 0 aromatic carbocycles. The van der Waals surface area contributed by atoms with E-state index < -0.39 is 0 Å². The molecule has 0 aliphatic carbocycles. The molecule has 3 heteroatoms. The molecule has 0 radical (unpaired) electrons. The zero-order valence-electron chi connectivity index (χ0n) is 12.0. The first-order valence-electron chi connectivity index (χ1n) is 7.28. The lowest BCUT2D eigenvalue weighted by Crippen LogP contribution is -2.21. The van der Waals surface area contributed by atoms with Crippen LogP contribution in [0.5, 0.6) is 5.88 Å². The van der Waals surface area contributed by atoms with Gasteiger partial charge in [0, 0.05) is 11.5 Å². The third-order valence-electron chi connectivity index (χ3n) is 3.76. The molecular formula is C15H27NO2. The fourth-order valence-electron chi connectivity index (χ4n) is 2.43. The Morgan fingerprint density at radius 1 is 1.11 bits per heavy atom. The van der Waals surface area contributed by atoms with Crippen LogP contribution in [0.1, 0.15) is 77.9 Å². The first-order chi connectivity index (χ1) is 8.62. The van der Waals surface area contributed by atoms with E-state index in [9.17, 15) is 5.11 Å². The van der Waals surface area contributed by atoms with Gasteiger partial charge in [0.25, 0.3) is 5.88 Å². The maximum absolute atomic E-state index is 9.35. The molecule has 18 heavy (non-hydrogen) atoms. The Hall–Kier alpha value is -0.990. The molecule has 0 saturated heterocycles. The molecule has 1 N–H and O–H groups in total. The summed E-state index contributed by atoms with van der Waals surface area (Å²) in [6, 6.07) is 1.68. The molecule has 1 heterocycles. The molecule has 1 aromatic rings. The molecule has 0 aliphatic rings. The first kappa shape index (κ1) is 15.1. The van der Waals surface area contributed by atoms with Crippen molar-refractivity contribution in [3.63, 3.8) is 0 Å². The van der Waals surface area contributed by atoms with Gasteiger partial charge in [-0.15, -0.1) is 0 Å². The molecule has 1 aromatic heterocycles. The highest BCUT2D eigenvalue weighted by Crippen LogP contribution is 2.36. The number of hydrogen-bond donors (Lipinski definition) is 1. The number of rotatable bonds is 9. The molecular weight excluding hydrogens is 226 g/mol. The third kappa shape index (κ3) is 4.35. The Labute approximate surface area is 111 Å². The maximum atomic E-state index is 9.35. The minimum Gasteiger partial charge on any atom is -0.491 e. The number of aromatic nitrogens is 1. The molecule has 3 nitrogen and oxygen atoms in total. The molecule has 1 unspecified atom stereocenters. The predicted octanol–water partition coefficient (Wildman–Crippen LogP) is 4.80.